The third kappa shape index (κ3) is 6.31. The van der Waals surface area contributed by atoms with E-state index in [4.69, 9.17) is 0 Å². The minimum Gasteiger partial charge on any atom is -0.311 e. The first-order valence-corrected chi connectivity index (χ1v) is 24.4. The van der Waals surface area contributed by atoms with Gasteiger partial charge in [-0.2, -0.15) is 0 Å². The van der Waals surface area contributed by atoms with Crippen LogP contribution in [0.4, 0.5) is 34.1 Å². The molecular weight excluding hydrogens is 821 g/mol. The van der Waals surface area contributed by atoms with Crippen molar-refractivity contribution in [2.75, 3.05) is 9.80 Å². The van der Waals surface area contributed by atoms with Crippen LogP contribution in [0.1, 0.15) is 82.0 Å². The van der Waals surface area contributed by atoms with Gasteiger partial charge in [-0.15, -0.1) is 0 Å². The number of benzene rings is 10. The first-order chi connectivity index (χ1) is 33.6. The van der Waals surface area contributed by atoms with E-state index in [1.165, 1.54) is 72.0 Å². The fourth-order valence-corrected chi connectivity index (χ4v) is 11.8. The molecule has 0 aliphatic heterocycles. The maximum absolute atomic E-state index is 2.56. The van der Waals surface area contributed by atoms with Crippen LogP contribution in [0.15, 0.2) is 237 Å². The predicted molar refractivity (Wildman–Crippen MR) is 285 cm³/mol. The third-order valence-corrected chi connectivity index (χ3v) is 15.1. The number of hydrogen-bond donors (Lipinski definition) is 0. The van der Waals surface area contributed by atoms with E-state index in [2.05, 4.69) is 267 Å². The van der Waals surface area contributed by atoms with E-state index in [1.807, 2.05) is 0 Å². The summed E-state index contributed by atoms with van der Waals surface area (Å²) in [6.07, 6.45) is 2.88. The Hall–Kier alpha value is -7.94. The summed E-state index contributed by atoms with van der Waals surface area (Å²) in [6.45, 7) is 6.87. The topological polar surface area (TPSA) is 6.48 Å². The van der Waals surface area contributed by atoms with Crippen molar-refractivity contribution in [3.8, 4) is 0 Å². The number of anilines is 6. The number of nitrogens with zero attached hydrogens (tertiary/aromatic N) is 2. The van der Waals surface area contributed by atoms with Crippen molar-refractivity contribution in [1.82, 2.24) is 0 Å². The van der Waals surface area contributed by atoms with Crippen molar-refractivity contribution in [2.45, 2.75) is 50.9 Å². The van der Waals surface area contributed by atoms with Gasteiger partial charge in [0.15, 0.2) is 0 Å². The smallest absolute Gasteiger partial charge is 0.0711 e. The highest BCUT2D eigenvalue weighted by molar-refractivity contribution is 5.90. The molecule has 0 amide bonds. The molecule has 2 nitrogen and oxygen atoms in total. The number of aryl methyl sites for hydroxylation is 3. The maximum Gasteiger partial charge on any atom is 0.0711 e. The minimum absolute atomic E-state index is 0.547. The Kier molecular flexibility index (Phi) is 10.2. The maximum atomic E-state index is 2.56. The van der Waals surface area contributed by atoms with Gasteiger partial charge in [0, 0.05) is 34.1 Å². The predicted octanol–water partition coefficient (Wildman–Crippen LogP) is 16.9. The molecule has 2 bridgehead atoms. The van der Waals surface area contributed by atoms with Gasteiger partial charge in [0.2, 0.25) is 0 Å². The molecule has 0 saturated heterocycles. The molecule has 0 N–H and O–H groups in total. The average Bonchev–Trinajstić information content (AvgIpc) is 3.41. The minimum atomic E-state index is -0.555. The van der Waals surface area contributed by atoms with Gasteiger partial charge in [-0.25, -0.2) is 0 Å². The molecule has 10 aromatic carbocycles. The van der Waals surface area contributed by atoms with Gasteiger partial charge in [0.25, 0.3) is 0 Å². The average molecular weight is 875 g/mol. The molecule has 68 heavy (non-hydrogen) atoms. The van der Waals surface area contributed by atoms with Crippen molar-refractivity contribution >= 4 is 44.9 Å². The van der Waals surface area contributed by atoms with Crippen LogP contribution in [0.5, 0.6) is 0 Å². The molecule has 3 aliphatic carbocycles. The van der Waals surface area contributed by atoms with Crippen molar-refractivity contribution < 1.29 is 0 Å². The SMILES string of the molecule is CCc1ccc2c(c1)C1(c3ccc(N(c4ccccc4)c4ccccc4)cc3)c3ccc(CC)cc3C2(c2ccc(N(c3ccccc3)c3ccc4ccccc4c3)cc2)c2cc(CC)ccc21. The summed E-state index contributed by atoms with van der Waals surface area (Å²) in [5.74, 6) is 0. The van der Waals surface area contributed by atoms with Gasteiger partial charge in [0.05, 0.1) is 10.8 Å². The van der Waals surface area contributed by atoms with Crippen LogP contribution in [-0.2, 0) is 30.1 Å². The van der Waals surface area contributed by atoms with E-state index < -0.39 is 10.8 Å². The summed E-state index contributed by atoms with van der Waals surface area (Å²) in [5, 5.41) is 2.46. The van der Waals surface area contributed by atoms with Crippen molar-refractivity contribution in [1.29, 1.82) is 0 Å². The van der Waals surface area contributed by atoms with Gasteiger partial charge in [-0.1, -0.05) is 185 Å². The fraction of sp³-hybridized carbons (Fsp3) is 0.121. The fourth-order valence-electron chi connectivity index (χ4n) is 11.8. The molecule has 0 heterocycles. The Morgan fingerprint density at radius 3 is 0.985 bits per heavy atom. The zero-order chi connectivity index (χ0) is 45.8. The van der Waals surface area contributed by atoms with Gasteiger partial charge in [-0.3, -0.25) is 0 Å². The molecule has 0 aromatic heterocycles. The van der Waals surface area contributed by atoms with E-state index >= 15 is 0 Å². The van der Waals surface area contributed by atoms with Crippen molar-refractivity contribution in [3.05, 3.63) is 298 Å². The highest BCUT2D eigenvalue weighted by Crippen LogP contribution is 2.66. The summed E-state index contributed by atoms with van der Waals surface area (Å²) in [7, 11) is 0. The summed E-state index contributed by atoms with van der Waals surface area (Å²) >= 11 is 0. The molecule has 0 radical (unpaired) electrons. The quantitative estimate of drug-likeness (QED) is 0.128. The highest BCUT2D eigenvalue weighted by Gasteiger charge is 2.60. The molecule has 13 rings (SSSR count). The second kappa shape index (κ2) is 16.7. The standard InChI is InChI=1S/C66H54N2/c1-4-46-28-41-61-62(42-46)65(51-30-35-56(36-31-51)67(53-20-10-7-11-21-53)54-22-12-8-13-23-54)59-39-26-47(5-2)43-63(59)66(61,64-44-48(6-3)27-40-60(64)65)52-32-37-57(38-33-52)68(55-24-14-9-15-25-55)58-34-29-49-18-16-17-19-50(49)45-58/h7-45H,4-6H2,1-3H3. The molecule has 328 valence electrons. The molecule has 3 aliphatic rings. The van der Waals surface area contributed by atoms with Crippen molar-refractivity contribution in [3.63, 3.8) is 0 Å². The molecule has 0 spiro atoms. The Bertz CT molecular complexity index is 3350. The van der Waals surface area contributed by atoms with Crippen LogP contribution >= 0.6 is 0 Å². The Morgan fingerprint density at radius 2 is 0.588 bits per heavy atom. The van der Waals surface area contributed by atoms with Crippen LogP contribution < -0.4 is 9.80 Å². The molecule has 0 fully saturated rings. The summed E-state index contributed by atoms with van der Waals surface area (Å²) < 4.78 is 0. The second-order valence-electron chi connectivity index (χ2n) is 18.5. The van der Waals surface area contributed by atoms with Gasteiger partial charge < -0.3 is 9.80 Å². The number of fused-ring (bicyclic) bond motifs is 1. The lowest BCUT2D eigenvalue weighted by Gasteiger charge is -2.57. The van der Waals surface area contributed by atoms with Gasteiger partial charge in [0.1, 0.15) is 0 Å². The monoisotopic (exact) mass is 874 g/mol. The molecule has 10 aromatic rings. The van der Waals surface area contributed by atoms with Crippen LogP contribution in [0.3, 0.4) is 0 Å². The first-order valence-electron chi connectivity index (χ1n) is 24.4. The van der Waals surface area contributed by atoms with E-state index in [0.29, 0.717) is 0 Å². The normalized spacial score (nSPS) is 16.5. The number of para-hydroxylation sites is 3. The number of hydrogen-bond acceptors (Lipinski definition) is 2. The third-order valence-electron chi connectivity index (χ3n) is 15.1. The van der Waals surface area contributed by atoms with E-state index in [1.54, 1.807) is 0 Å². The lowest BCUT2D eigenvalue weighted by molar-refractivity contribution is 0.554. The molecule has 0 unspecified atom stereocenters. The lowest BCUT2D eigenvalue weighted by Crippen LogP contribution is -2.52. The molecular formula is C66H54N2. The van der Waals surface area contributed by atoms with Gasteiger partial charge >= 0.3 is 0 Å². The molecule has 0 saturated carbocycles. The summed E-state index contributed by atoms with van der Waals surface area (Å²) in [4.78, 5) is 4.76. The van der Waals surface area contributed by atoms with Crippen LogP contribution in [-0.4, -0.2) is 0 Å². The Morgan fingerprint density at radius 1 is 0.265 bits per heavy atom. The Balaban J connectivity index is 1.09. The number of rotatable bonds is 11. The summed E-state index contributed by atoms with van der Waals surface area (Å²) in [5.41, 5.74) is 20.6. The zero-order valence-corrected chi connectivity index (χ0v) is 39.0. The van der Waals surface area contributed by atoms with Gasteiger partial charge in [-0.05, 0) is 164 Å². The van der Waals surface area contributed by atoms with Crippen LogP contribution in [0.25, 0.3) is 10.8 Å². The molecule has 2 heteroatoms. The highest BCUT2D eigenvalue weighted by atomic mass is 15.1. The van der Waals surface area contributed by atoms with Crippen LogP contribution in [0, 0.1) is 0 Å². The van der Waals surface area contributed by atoms with E-state index in [-0.39, 0.29) is 0 Å². The first kappa shape index (κ1) is 41.5. The Labute approximate surface area is 401 Å². The zero-order valence-electron chi connectivity index (χ0n) is 39.0. The lowest BCUT2D eigenvalue weighted by atomic mass is 9.44. The van der Waals surface area contributed by atoms with E-state index in [9.17, 15) is 0 Å². The second-order valence-corrected chi connectivity index (χ2v) is 18.5. The molecule has 0 atom stereocenters. The largest absolute Gasteiger partial charge is 0.311 e. The summed E-state index contributed by atoms with van der Waals surface area (Å²) in [6, 6.07) is 89.1. The van der Waals surface area contributed by atoms with Crippen LogP contribution in [0.2, 0.25) is 0 Å². The van der Waals surface area contributed by atoms with E-state index in [0.717, 1.165) is 53.4 Å². The van der Waals surface area contributed by atoms with Crippen molar-refractivity contribution in [2.24, 2.45) is 0 Å².